The van der Waals surface area contributed by atoms with E-state index in [0.717, 1.165) is 89.9 Å². The van der Waals surface area contributed by atoms with E-state index in [1.165, 1.54) is 25.7 Å². The van der Waals surface area contributed by atoms with Gasteiger partial charge in [0.15, 0.2) is 12.4 Å². The Balaban J connectivity index is 2.37. The van der Waals surface area contributed by atoms with Crippen LogP contribution in [0.15, 0.2) is 85.1 Å². The van der Waals surface area contributed by atoms with Crippen LogP contribution in [0.2, 0.25) is 0 Å². The first-order valence-corrected chi connectivity index (χ1v) is 22.7. The molecule has 1 aliphatic heterocycles. The molecule has 0 aromatic carbocycles. The first kappa shape index (κ1) is 53.9. The van der Waals surface area contributed by atoms with E-state index in [4.69, 9.17) is 18.9 Å². The number of aliphatic hydroxyl groups excluding tert-OH is 4. The molecule has 2 unspecified atom stereocenters. The summed E-state index contributed by atoms with van der Waals surface area (Å²) in [7, 11) is 0. The maximum atomic E-state index is 12.8. The average molecular weight is 829 g/mol. The fourth-order valence-electron chi connectivity index (χ4n) is 6.18. The van der Waals surface area contributed by atoms with Crippen molar-refractivity contribution in [1.82, 2.24) is 0 Å². The minimum absolute atomic E-state index is 0.198. The molecule has 0 aliphatic carbocycles. The second kappa shape index (κ2) is 39.0. The summed E-state index contributed by atoms with van der Waals surface area (Å²) in [5, 5.41) is 40.1. The minimum Gasteiger partial charge on any atom is -0.462 e. The van der Waals surface area contributed by atoms with E-state index in [2.05, 4.69) is 98.9 Å². The molecule has 4 N–H and O–H groups in total. The number of aliphatic hydroxyl groups is 4. The van der Waals surface area contributed by atoms with Crippen molar-refractivity contribution in [3.05, 3.63) is 85.1 Å². The molecule has 1 saturated heterocycles. The third-order valence-corrected chi connectivity index (χ3v) is 9.76. The van der Waals surface area contributed by atoms with Gasteiger partial charge in [-0.25, -0.2) is 0 Å². The fourth-order valence-corrected chi connectivity index (χ4v) is 6.18. The molecular weight excluding hydrogens is 749 g/mol. The number of unbranched alkanes of at least 4 members (excludes halogenated alkanes) is 11. The van der Waals surface area contributed by atoms with E-state index in [9.17, 15) is 30.0 Å². The van der Waals surface area contributed by atoms with E-state index in [0.29, 0.717) is 12.8 Å². The SMILES string of the molecule is CC/C=C/C/C=C/C/C=C/CCCCCCCC(=O)O[C@@H](COC(=O)CCCCC/C=C/C/C=C/C/C=C/C/C=C/CCCCC)CO[C@H]1O[C@@H](CO)[C@@H](O)C(O)C1O. The topological polar surface area (TPSA) is 152 Å². The van der Waals surface area contributed by atoms with E-state index in [1.807, 2.05) is 0 Å². The van der Waals surface area contributed by atoms with Gasteiger partial charge in [0.2, 0.25) is 0 Å². The number of hydrogen-bond donors (Lipinski definition) is 4. The molecule has 0 bridgehead atoms. The Hall–Kier alpha value is -3.12. The number of hydrogen-bond acceptors (Lipinski definition) is 10. The van der Waals surface area contributed by atoms with Crippen molar-refractivity contribution >= 4 is 11.9 Å². The number of ether oxygens (including phenoxy) is 4. The predicted molar refractivity (Wildman–Crippen MR) is 237 cm³/mol. The van der Waals surface area contributed by atoms with Crippen molar-refractivity contribution in [3.63, 3.8) is 0 Å². The summed E-state index contributed by atoms with van der Waals surface area (Å²) in [5.74, 6) is -0.871. The lowest BCUT2D eigenvalue weighted by Gasteiger charge is -2.39. The van der Waals surface area contributed by atoms with Gasteiger partial charge in [0.05, 0.1) is 13.2 Å². The quantitative estimate of drug-likeness (QED) is 0.0273. The zero-order valence-corrected chi connectivity index (χ0v) is 36.5. The van der Waals surface area contributed by atoms with Gasteiger partial charge in [0.25, 0.3) is 0 Å². The summed E-state index contributed by atoms with van der Waals surface area (Å²) in [6.07, 6.45) is 43.0. The van der Waals surface area contributed by atoms with Crippen LogP contribution in [0.4, 0.5) is 0 Å². The number of carbonyl (C=O) groups excluding carboxylic acids is 2. The van der Waals surface area contributed by atoms with E-state index < -0.39 is 55.4 Å². The zero-order chi connectivity index (χ0) is 43.0. The first-order valence-electron chi connectivity index (χ1n) is 22.7. The summed E-state index contributed by atoms with van der Waals surface area (Å²) < 4.78 is 22.1. The molecule has 0 spiro atoms. The van der Waals surface area contributed by atoms with Crippen LogP contribution in [0.25, 0.3) is 0 Å². The van der Waals surface area contributed by atoms with Gasteiger partial charge in [-0.15, -0.1) is 0 Å². The van der Waals surface area contributed by atoms with Crippen molar-refractivity contribution in [2.45, 2.75) is 192 Å². The Labute approximate surface area is 356 Å². The largest absolute Gasteiger partial charge is 0.462 e. The molecule has 1 aliphatic rings. The maximum Gasteiger partial charge on any atom is 0.306 e. The summed E-state index contributed by atoms with van der Waals surface area (Å²) in [4.78, 5) is 25.3. The second-order valence-corrected chi connectivity index (χ2v) is 15.1. The van der Waals surface area contributed by atoms with Crippen LogP contribution in [-0.4, -0.2) is 89.0 Å². The van der Waals surface area contributed by atoms with Gasteiger partial charge >= 0.3 is 11.9 Å². The van der Waals surface area contributed by atoms with Crippen molar-refractivity contribution in [3.8, 4) is 0 Å². The molecule has 1 rings (SSSR count). The minimum atomic E-state index is -1.61. The lowest BCUT2D eigenvalue weighted by atomic mass is 9.99. The molecular formula is C49H80O10. The third-order valence-electron chi connectivity index (χ3n) is 9.76. The number of allylic oxidation sites excluding steroid dienone is 14. The summed E-state index contributed by atoms with van der Waals surface area (Å²) >= 11 is 0. The van der Waals surface area contributed by atoms with Gasteiger partial charge < -0.3 is 39.4 Å². The molecule has 10 heteroatoms. The fraction of sp³-hybridized carbons (Fsp3) is 0.673. The normalized spacial score (nSPS) is 20.8. The van der Waals surface area contributed by atoms with E-state index in [1.54, 1.807) is 0 Å². The van der Waals surface area contributed by atoms with Gasteiger partial charge in [0.1, 0.15) is 31.0 Å². The van der Waals surface area contributed by atoms with Crippen molar-refractivity contribution in [1.29, 1.82) is 0 Å². The van der Waals surface area contributed by atoms with Gasteiger partial charge in [-0.05, 0) is 89.9 Å². The summed E-state index contributed by atoms with van der Waals surface area (Å²) in [6.45, 7) is 3.21. The molecule has 10 nitrogen and oxygen atoms in total. The van der Waals surface area contributed by atoms with Gasteiger partial charge in [0, 0.05) is 12.8 Å². The second-order valence-electron chi connectivity index (χ2n) is 15.1. The van der Waals surface area contributed by atoms with E-state index >= 15 is 0 Å². The monoisotopic (exact) mass is 829 g/mol. The molecule has 0 saturated carbocycles. The number of carbonyl (C=O) groups is 2. The smallest absolute Gasteiger partial charge is 0.306 e. The summed E-state index contributed by atoms with van der Waals surface area (Å²) in [6, 6.07) is 0. The first-order chi connectivity index (χ1) is 28.8. The van der Waals surface area contributed by atoms with Gasteiger partial charge in [-0.3, -0.25) is 9.59 Å². The Morgan fingerprint density at radius 2 is 1.00 bits per heavy atom. The van der Waals surface area contributed by atoms with Gasteiger partial charge in [-0.2, -0.15) is 0 Å². The van der Waals surface area contributed by atoms with Crippen LogP contribution >= 0.6 is 0 Å². The molecule has 59 heavy (non-hydrogen) atoms. The van der Waals surface area contributed by atoms with Crippen LogP contribution in [0.3, 0.4) is 0 Å². The highest BCUT2D eigenvalue weighted by Gasteiger charge is 2.44. The van der Waals surface area contributed by atoms with E-state index in [-0.39, 0.29) is 26.1 Å². The lowest BCUT2D eigenvalue weighted by Crippen LogP contribution is -2.59. The third kappa shape index (κ3) is 30.5. The Morgan fingerprint density at radius 1 is 0.542 bits per heavy atom. The highest BCUT2D eigenvalue weighted by atomic mass is 16.7. The van der Waals surface area contributed by atoms with Gasteiger partial charge in [-0.1, -0.05) is 137 Å². The lowest BCUT2D eigenvalue weighted by molar-refractivity contribution is -0.305. The molecule has 6 atom stereocenters. The number of esters is 2. The molecule has 1 heterocycles. The molecule has 0 aromatic rings. The maximum absolute atomic E-state index is 12.8. The average Bonchev–Trinajstić information content (AvgIpc) is 3.23. The molecule has 1 fully saturated rings. The van der Waals surface area contributed by atoms with Crippen molar-refractivity contribution < 1.29 is 49.0 Å². The Bertz CT molecular complexity index is 1230. The molecule has 0 aromatic heterocycles. The molecule has 336 valence electrons. The molecule has 0 amide bonds. The Morgan fingerprint density at radius 3 is 1.53 bits per heavy atom. The van der Waals surface area contributed by atoms with Crippen LogP contribution in [-0.2, 0) is 28.5 Å². The zero-order valence-electron chi connectivity index (χ0n) is 36.5. The van der Waals surface area contributed by atoms with Crippen LogP contribution in [0.1, 0.15) is 155 Å². The van der Waals surface area contributed by atoms with Crippen LogP contribution in [0, 0.1) is 0 Å². The van der Waals surface area contributed by atoms with Crippen LogP contribution < -0.4 is 0 Å². The molecule has 0 radical (unpaired) electrons. The Kier molecular flexibility index (Phi) is 35.7. The highest BCUT2D eigenvalue weighted by molar-refractivity contribution is 5.70. The predicted octanol–water partition coefficient (Wildman–Crippen LogP) is 9.77. The highest BCUT2D eigenvalue weighted by Crippen LogP contribution is 2.22. The summed E-state index contributed by atoms with van der Waals surface area (Å²) in [5.41, 5.74) is 0. The standard InChI is InChI=1S/C49H80O10/c1-3-5-7-9-11-13-15-17-19-20-21-22-24-25-27-29-31-33-35-37-44(51)56-40-42(41-57-49-48(55)47(54)46(53)43(39-50)59-49)58-45(52)38-36-34-32-30-28-26-23-18-16-14-12-10-8-6-4-2/h6,8,11-14,17-19,21-23,25,27,42-43,46-50,53-55H,3-5,7,9-10,15-16,20,24,26,28-41H2,1-2H3/b8-6+,13-11+,14-12+,19-17+,22-21+,23-18+,27-25+/t42-,43-,46+,47?,48?,49-/m0/s1. The number of rotatable bonds is 36. The van der Waals surface area contributed by atoms with Crippen molar-refractivity contribution in [2.75, 3.05) is 19.8 Å². The van der Waals surface area contributed by atoms with Crippen LogP contribution in [0.5, 0.6) is 0 Å². The van der Waals surface area contributed by atoms with Crippen molar-refractivity contribution in [2.24, 2.45) is 0 Å².